The maximum atomic E-state index is 5.81. The van der Waals surface area contributed by atoms with Crippen LogP contribution in [0, 0.1) is 6.92 Å². The first-order valence-electron chi connectivity index (χ1n) is 6.89. The van der Waals surface area contributed by atoms with E-state index in [9.17, 15) is 0 Å². The molecule has 1 atom stereocenters. The third-order valence-electron chi connectivity index (χ3n) is 3.39. The standard InChI is InChI=1S/C14H18N4O2S/c1-10-17-11(9-21-10)7-18-4-3-12(8-18)20-14-15-5-13(19-2)6-16-14/h5-6,9,12H,3-4,7-8H2,1-2H3. The second-order valence-electron chi connectivity index (χ2n) is 5.03. The molecule has 1 unspecified atom stereocenters. The first-order chi connectivity index (χ1) is 10.2. The molecule has 0 bridgehead atoms. The Bertz CT molecular complexity index is 587. The van der Waals surface area contributed by atoms with Crippen molar-refractivity contribution in [2.75, 3.05) is 20.2 Å². The zero-order chi connectivity index (χ0) is 14.7. The fourth-order valence-corrected chi connectivity index (χ4v) is 2.97. The summed E-state index contributed by atoms with van der Waals surface area (Å²) in [7, 11) is 1.59. The highest BCUT2D eigenvalue weighted by atomic mass is 32.1. The summed E-state index contributed by atoms with van der Waals surface area (Å²) in [6, 6.07) is 0.409. The molecule has 2 aromatic heterocycles. The summed E-state index contributed by atoms with van der Waals surface area (Å²) in [6.07, 6.45) is 4.36. The minimum atomic E-state index is 0.137. The molecule has 7 heteroatoms. The van der Waals surface area contributed by atoms with Crippen LogP contribution < -0.4 is 9.47 Å². The van der Waals surface area contributed by atoms with Gasteiger partial charge in [-0.25, -0.2) is 4.98 Å². The van der Waals surface area contributed by atoms with Crippen LogP contribution >= 0.6 is 11.3 Å². The molecule has 0 N–H and O–H groups in total. The predicted octanol–water partition coefficient (Wildman–Crippen LogP) is 1.90. The molecule has 0 radical (unpaired) electrons. The molecule has 3 rings (SSSR count). The Morgan fingerprint density at radius 2 is 2.19 bits per heavy atom. The van der Waals surface area contributed by atoms with Crippen LogP contribution in [0.5, 0.6) is 11.8 Å². The second kappa shape index (κ2) is 6.36. The van der Waals surface area contributed by atoms with Crippen molar-refractivity contribution in [3.8, 4) is 11.8 Å². The molecule has 2 aromatic rings. The van der Waals surface area contributed by atoms with Crippen molar-refractivity contribution in [1.82, 2.24) is 19.9 Å². The van der Waals surface area contributed by atoms with Crippen LogP contribution in [0.15, 0.2) is 17.8 Å². The maximum Gasteiger partial charge on any atom is 0.316 e. The van der Waals surface area contributed by atoms with E-state index in [1.807, 2.05) is 6.92 Å². The summed E-state index contributed by atoms with van der Waals surface area (Å²) < 4.78 is 10.8. The molecule has 0 saturated carbocycles. The average Bonchev–Trinajstić information content (AvgIpc) is 3.09. The van der Waals surface area contributed by atoms with Crippen molar-refractivity contribution >= 4 is 11.3 Å². The number of methoxy groups -OCH3 is 1. The van der Waals surface area contributed by atoms with Gasteiger partial charge in [-0.2, -0.15) is 9.97 Å². The quantitative estimate of drug-likeness (QED) is 0.841. The van der Waals surface area contributed by atoms with Gasteiger partial charge in [-0.05, 0) is 13.3 Å². The van der Waals surface area contributed by atoms with Crippen molar-refractivity contribution in [2.24, 2.45) is 0 Å². The monoisotopic (exact) mass is 306 g/mol. The predicted molar refractivity (Wildman–Crippen MR) is 79.7 cm³/mol. The van der Waals surface area contributed by atoms with Gasteiger partial charge < -0.3 is 9.47 Å². The van der Waals surface area contributed by atoms with Crippen LogP contribution in [-0.4, -0.2) is 46.2 Å². The van der Waals surface area contributed by atoms with Gasteiger partial charge in [-0.3, -0.25) is 4.90 Å². The van der Waals surface area contributed by atoms with Crippen LogP contribution in [0.1, 0.15) is 17.1 Å². The van der Waals surface area contributed by atoms with Crippen molar-refractivity contribution in [2.45, 2.75) is 26.0 Å². The number of rotatable bonds is 5. The molecule has 1 saturated heterocycles. The molecular formula is C14H18N4O2S. The van der Waals surface area contributed by atoms with E-state index in [2.05, 4.69) is 25.2 Å². The van der Waals surface area contributed by atoms with Crippen molar-refractivity contribution in [3.05, 3.63) is 28.5 Å². The van der Waals surface area contributed by atoms with Gasteiger partial charge in [0.05, 0.1) is 30.2 Å². The molecule has 1 aliphatic rings. The lowest BCUT2D eigenvalue weighted by molar-refractivity contribution is 0.182. The van der Waals surface area contributed by atoms with Gasteiger partial charge in [0.15, 0.2) is 5.75 Å². The van der Waals surface area contributed by atoms with Crippen LogP contribution in [-0.2, 0) is 6.54 Å². The lowest BCUT2D eigenvalue weighted by Crippen LogP contribution is -2.25. The second-order valence-corrected chi connectivity index (χ2v) is 6.09. The van der Waals surface area contributed by atoms with E-state index < -0.39 is 0 Å². The molecule has 0 spiro atoms. The summed E-state index contributed by atoms with van der Waals surface area (Å²) in [5.41, 5.74) is 1.14. The van der Waals surface area contributed by atoms with Gasteiger partial charge in [-0.1, -0.05) is 0 Å². The normalized spacial score (nSPS) is 18.9. The van der Waals surface area contributed by atoms with E-state index >= 15 is 0 Å². The summed E-state index contributed by atoms with van der Waals surface area (Å²) in [4.78, 5) is 15.1. The number of aromatic nitrogens is 3. The van der Waals surface area contributed by atoms with Crippen LogP contribution in [0.3, 0.4) is 0 Å². The Kier molecular flexibility index (Phi) is 4.31. The molecule has 1 fully saturated rings. The Labute approximate surface area is 127 Å². The Morgan fingerprint density at radius 1 is 1.38 bits per heavy atom. The molecule has 0 aliphatic carbocycles. The highest BCUT2D eigenvalue weighted by Crippen LogP contribution is 2.19. The van der Waals surface area contributed by atoms with Gasteiger partial charge >= 0.3 is 6.01 Å². The van der Waals surface area contributed by atoms with Gasteiger partial charge in [-0.15, -0.1) is 11.3 Å². The van der Waals surface area contributed by atoms with Crippen molar-refractivity contribution in [3.63, 3.8) is 0 Å². The number of likely N-dealkylation sites (tertiary alicyclic amines) is 1. The van der Waals surface area contributed by atoms with Gasteiger partial charge in [0.1, 0.15) is 6.10 Å². The minimum absolute atomic E-state index is 0.137. The molecular weight excluding hydrogens is 288 g/mol. The van der Waals surface area contributed by atoms with E-state index in [4.69, 9.17) is 9.47 Å². The largest absolute Gasteiger partial charge is 0.494 e. The Morgan fingerprint density at radius 3 is 2.86 bits per heavy atom. The molecule has 0 amide bonds. The van der Waals surface area contributed by atoms with Crippen LogP contribution in [0.4, 0.5) is 0 Å². The molecule has 3 heterocycles. The van der Waals surface area contributed by atoms with E-state index in [1.54, 1.807) is 30.8 Å². The zero-order valence-electron chi connectivity index (χ0n) is 12.2. The maximum absolute atomic E-state index is 5.81. The Hall–Kier alpha value is -1.73. The highest BCUT2D eigenvalue weighted by molar-refractivity contribution is 7.09. The fourth-order valence-electron chi connectivity index (χ4n) is 2.37. The summed E-state index contributed by atoms with van der Waals surface area (Å²) in [5.74, 6) is 0.634. The van der Waals surface area contributed by atoms with Crippen molar-refractivity contribution in [1.29, 1.82) is 0 Å². The molecule has 21 heavy (non-hydrogen) atoms. The summed E-state index contributed by atoms with van der Waals surface area (Å²) in [6.45, 7) is 4.81. The summed E-state index contributed by atoms with van der Waals surface area (Å²) in [5, 5.41) is 3.24. The highest BCUT2D eigenvalue weighted by Gasteiger charge is 2.25. The number of thiazole rings is 1. The lowest BCUT2D eigenvalue weighted by atomic mass is 10.3. The van der Waals surface area contributed by atoms with Crippen molar-refractivity contribution < 1.29 is 9.47 Å². The number of aryl methyl sites for hydroxylation is 1. The average molecular weight is 306 g/mol. The number of hydrogen-bond donors (Lipinski definition) is 0. The van der Waals surface area contributed by atoms with Crippen LogP contribution in [0.2, 0.25) is 0 Å². The third-order valence-corrected chi connectivity index (χ3v) is 4.22. The summed E-state index contributed by atoms with van der Waals surface area (Å²) >= 11 is 1.69. The van der Waals surface area contributed by atoms with Gasteiger partial charge in [0.2, 0.25) is 0 Å². The number of hydrogen-bond acceptors (Lipinski definition) is 7. The topological polar surface area (TPSA) is 60.4 Å². The third kappa shape index (κ3) is 3.68. The Balaban J connectivity index is 1.52. The smallest absolute Gasteiger partial charge is 0.316 e. The van der Waals surface area contributed by atoms with E-state index in [0.717, 1.165) is 36.8 Å². The first kappa shape index (κ1) is 14.2. The first-order valence-corrected chi connectivity index (χ1v) is 7.77. The number of nitrogens with zero attached hydrogens (tertiary/aromatic N) is 4. The molecule has 1 aliphatic heterocycles. The lowest BCUT2D eigenvalue weighted by Gasteiger charge is -2.15. The van der Waals surface area contributed by atoms with E-state index in [0.29, 0.717) is 11.8 Å². The van der Waals surface area contributed by atoms with Crippen LogP contribution in [0.25, 0.3) is 0 Å². The van der Waals surface area contributed by atoms with Gasteiger partial charge in [0.25, 0.3) is 0 Å². The van der Waals surface area contributed by atoms with E-state index in [1.165, 1.54) is 0 Å². The number of ether oxygens (including phenoxy) is 2. The fraction of sp³-hybridized carbons (Fsp3) is 0.500. The van der Waals surface area contributed by atoms with Gasteiger partial charge in [0, 0.05) is 25.0 Å². The minimum Gasteiger partial charge on any atom is -0.494 e. The molecule has 0 aromatic carbocycles. The molecule has 6 nitrogen and oxygen atoms in total. The van der Waals surface area contributed by atoms with E-state index in [-0.39, 0.29) is 6.10 Å². The zero-order valence-corrected chi connectivity index (χ0v) is 13.0. The SMILES string of the molecule is COc1cnc(OC2CCN(Cc3csc(C)n3)C2)nc1. The molecule has 112 valence electrons.